The van der Waals surface area contributed by atoms with E-state index in [0.29, 0.717) is 17.4 Å². The Morgan fingerprint density at radius 3 is 2.76 bits per heavy atom. The molecule has 0 aromatic heterocycles. The zero-order chi connectivity index (χ0) is 14.8. The number of carbonyl (C=O) groups is 2. The van der Waals surface area contributed by atoms with Gasteiger partial charge in [-0.05, 0) is 36.6 Å². The average molecular weight is 283 g/mol. The van der Waals surface area contributed by atoms with E-state index in [9.17, 15) is 9.59 Å². The molecule has 21 heavy (non-hydrogen) atoms. The number of nitrogens with one attached hydrogen (secondary N) is 1. The van der Waals surface area contributed by atoms with Gasteiger partial charge in [-0.15, -0.1) is 0 Å². The highest BCUT2D eigenvalue weighted by atomic mass is 16.5. The number of benzene rings is 2. The van der Waals surface area contributed by atoms with Crippen LogP contribution in [0.3, 0.4) is 0 Å². The number of hydrogen-bond acceptors (Lipinski definition) is 3. The predicted molar refractivity (Wildman–Crippen MR) is 80.6 cm³/mol. The van der Waals surface area contributed by atoms with Gasteiger partial charge in [-0.2, -0.15) is 0 Å². The van der Waals surface area contributed by atoms with Crippen LogP contribution < -0.4 is 10.1 Å². The van der Waals surface area contributed by atoms with E-state index in [1.54, 1.807) is 13.0 Å². The van der Waals surface area contributed by atoms with E-state index in [4.69, 9.17) is 4.74 Å². The van der Waals surface area contributed by atoms with Gasteiger partial charge in [0.1, 0.15) is 5.75 Å². The smallest absolute Gasteiger partial charge is 0.260 e. The summed E-state index contributed by atoms with van der Waals surface area (Å²) in [6.45, 7) is 1.70. The Morgan fingerprint density at radius 1 is 1.29 bits per heavy atom. The second kappa shape index (κ2) is 5.56. The molecule has 4 heteroatoms. The molecule has 1 saturated carbocycles. The Morgan fingerprint density at radius 2 is 2.05 bits per heavy atom. The molecule has 2 aromatic rings. The molecule has 0 bridgehead atoms. The van der Waals surface area contributed by atoms with Gasteiger partial charge in [-0.25, -0.2) is 0 Å². The van der Waals surface area contributed by atoms with Crippen molar-refractivity contribution in [2.24, 2.45) is 0 Å². The number of carbonyl (C=O) groups excluding carboxylic acids is 2. The highest BCUT2D eigenvalue weighted by Gasteiger charge is 2.26. The highest BCUT2D eigenvalue weighted by Crippen LogP contribution is 2.27. The standard InChI is InChI=1S/C17H17NO3/c1-11(17(20)18-13-7-8-13)21-16-9-6-12-4-2-3-5-14(12)15(16)10-19/h2-6,9-11,13H,7-8H2,1H3,(H,18,20)/t11-/m1/s1. The highest BCUT2D eigenvalue weighted by molar-refractivity contribution is 6.00. The summed E-state index contributed by atoms with van der Waals surface area (Å²) in [7, 11) is 0. The van der Waals surface area contributed by atoms with Crippen molar-refractivity contribution in [1.82, 2.24) is 5.32 Å². The van der Waals surface area contributed by atoms with Crippen LogP contribution in [0.5, 0.6) is 5.75 Å². The average Bonchev–Trinajstić information content (AvgIpc) is 3.30. The maximum absolute atomic E-state index is 11.9. The fraction of sp³-hybridized carbons (Fsp3) is 0.294. The predicted octanol–water partition coefficient (Wildman–Crippen LogP) is 2.70. The van der Waals surface area contributed by atoms with Gasteiger partial charge in [0.2, 0.25) is 0 Å². The maximum Gasteiger partial charge on any atom is 0.260 e. The number of ether oxygens (including phenoxy) is 1. The normalized spacial score (nSPS) is 15.5. The van der Waals surface area contributed by atoms with Crippen LogP contribution >= 0.6 is 0 Å². The molecule has 1 amide bonds. The summed E-state index contributed by atoms with van der Waals surface area (Å²) >= 11 is 0. The molecule has 0 radical (unpaired) electrons. The summed E-state index contributed by atoms with van der Waals surface area (Å²) in [6, 6.07) is 11.5. The van der Waals surface area contributed by atoms with E-state index in [1.807, 2.05) is 30.3 Å². The van der Waals surface area contributed by atoms with Crippen molar-refractivity contribution >= 4 is 23.0 Å². The van der Waals surface area contributed by atoms with E-state index < -0.39 is 6.10 Å². The van der Waals surface area contributed by atoms with Crippen LogP contribution in [-0.4, -0.2) is 24.3 Å². The van der Waals surface area contributed by atoms with Gasteiger partial charge in [-0.3, -0.25) is 9.59 Å². The van der Waals surface area contributed by atoms with Crippen molar-refractivity contribution in [2.45, 2.75) is 31.9 Å². The van der Waals surface area contributed by atoms with Crippen LogP contribution in [0.25, 0.3) is 10.8 Å². The molecule has 0 spiro atoms. The molecule has 1 aliphatic carbocycles. The topological polar surface area (TPSA) is 55.4 Å². The van der Waals surface area contributed by atoms with Gasteiger partial charge >= 0.3 is 0 Å². The first kappa shape index (κ1) is 13.6. The van der Waals surface area contributed by atoms with E-state index in [2.05, 4.69) is 5.32 Å². The summed E-state index contributed by atoms with van der Waals surface area (Å²) in [5, 5.41) is 4.70. The van der Waals surface area contributed by atoms with Gasteiger partial charge in [0.05, 0.1) is 5.56 Å². The van der Waals surface area contributed by atoms with Crippen LogP contribution in [0.1, 0.15) is 30.1 Å². The van der Waals surface area contributed by atoms with Crippen molar-refractivity contribution < 1.29 is 14.3 Å². The third-order valence-electron chi connectivity index (χ3n) is 3.65. The van der Waals surface area contributed by atoms with E-state index >= 15 is 0 Å². The van der Waals surface area contributed by atoms with E-state index in [-0.39, 0.29) is 5.91 Å². The lowest BCUT2D eigenvalue weighted by Crippen LogP contribution is -2.37. The Bertz CT molecular complexity index is 691. The first-order valence-corrected chi connectivity index (χ1v) is 7.13. The van der Waals surface area contributed by atoms with Crippen LogP contribution in [0.4, 0.5) is 0 Å². The molecule has 1 fully saturated rings. The number of aldehydes is 1. The Kier molecular flexibility index (Phi) is 3.60. The molecular weight excluding hydrogens is 266 g/mol. The van der Waals surface area contributed by atoms with E-state index in [1.165, 1.54) is 0 Å². The third kappa shape index (κ3) is 2.89. The van der Waals surface area contributed by atoms with Crippen LogP contribution in [-0.2, 0) is 4.79 Å². The molecule has 108 valence electrons. The summed E-state index contributed by atoms with van der Waals surface area (Å²) in [6.07, 6.45) is 2.23. The van der Waals surface area contributed by atoms with Crippen molar-refractivity contribution in [3.05, 3.63) is 42.0 Å². The second-order valence-corrected chi connectivity index (χ2v) is 5.36. The second-order valence-electron chi connectivity index (χ2n) is 5.36. The lowest BCUT2D eigenvalue weighted by atomic mass is 10.0. The Labute approximate surface area is 123 Å². The summed E-state index contributed by atoms with van der Waals surface area (Å²) in [5.41, 5.74) is 0.485. The zero-order valence-electron chi connectivity index (χ0n) is 11.8. The van der Waals surface area contributed by atoms with Crippen LogP contribution in [0.15, 0.2) is 36.4 Å². The largest absolute Gasteiger partial charge is 0.480 e. The summed E-state index contributed by atoms with van der Waals surface area (Å²) in [5.74, 6) is 0.310. The molecule has 1 aliphatic rings. The number of hydrogen-bond donors (Lipinski definition) is 1. The van der Waals surface area contributed by atoms with Crippen LogP contribution in [0.2, 0.25) is 0 Å². The fourth-order valence-corrected chi connectivity index (χ4v) is 2.29. The van der Waals surface area contributed by atoms with Gasteiger partial charge in [-0.1, -0.05) is 30.3 Å². The van der Waals surface area contributed by atoms with Gasteiger partial charge in [0.15, 0.2) is 12.4 Å². The molecule has 1 N–H and O–H groups in total. The third-order valence-corrected chi connectivity index (χ3v) is 3.65. The van der Waals surface area contributed by atoms with Crippen LogP contribution in [0, 0.1) is 0 Å². The summed E-state index contributed by atoms with van der Waals surface area (Å²) < 4.78 is 5.69. The minimum absolute atomic E-state index is 0.137. The summed E-state index contributed by atoms with van der Waals surface area (Å²) in [4.78, 5) is 23.3. The Hall–Kier alpha value is -2.36. The quantitative estimate of drug-likeness (QED) is 0.858. The minimum atomic E-state index is -0.620. The maximum atomic E-state index is 11.9. The SMILES string of the molecule is C[C@@H](Oc1ccc2ccccc2c1C=O)C(=O)NC1CC1. The van der Waals surface area contributed by atoms with Gasteiger partial charge < -0.3 is 10.1 Å². The van der Waals surface area contributed by atoms with Gasteiger partial charge in [0, 0.05) is 6.04 Å². The minimum Gasteiger partial charge on any atom is -0.480 e. The van der Waals surface area contributed by atoms with Crippen molar-refractivity contribution in [3.63, 3.8) is 0 Å². The Balaban J connectivity index is 1.85. The lowest BCUT2D eigenvalue weighted by Gasteiger charge is -2.16. The molecule has 3 rings (SSSR count). The fourth-order valence-electron chi connectivity index (χ4n) is 2.29. The monoisotopic (exact) mass is 283 g/mol. The molecule has 0 heterocycles. The van der Waals surface area contributed by atoms with Gasteiger partial charge in [0.25, 0.3) is 5.91 Å². The number of amides is 1. The van der Waals surface area contributed by atoms with Crippen molar-refractivity contribution in [2.75, 3.05) is 0 Å². The van der Waals surface area contributed by atoms with Crippen molar-refractivity contribution in [1.29, 1.82) is 0 Å². The van der Waals surface area contributed by atoms with Crippen molar-refractivity contribution in [3.8, 4) is 5.75 Å². The van der Waals surface area contributed by atoms with E-state index in [0.717, 1.165) is 29.9 Å². The molecular formula is C17H17NO3. The molecule has 2 aromatic carbocycles. The zero-order valence-corrected chi connectivity index (χ0v) is 11.8. The molecule has 4 nitrogen and oxygen atoms in total. The molecule has 1 atom stereocenters. The number of fused-ring (bicyclic) bond motifs is 1. The lowest BCUT2D eigenvalue weighted by molar-refractivity contribution is -0.127. The molecule has 0 saturated heterocycles. The number of rotatable bonds is 5. The molecule has 0 unspecified atom stereocenters. The molecule has 0 aliphatic heterocycles. The first-order valence-electron chi connectivity index (χ1n) is 7.13. The first-order chi connectivity index (χ1) is 10.2.